The van der Waals surface area contributed by atoms with Gasteiger partial charge in [0.1, 0.15) is 5.82 Å². The summed E-state index contributed by atoms with van der Waals surface area (Å²) < 4.78 is 13.5. The number of nitrogens with zero attached hydrogens (tertiary/aromatic N) is 1. The number of carbonyl (C=O) groups excluding carboxylic acids is 1. The van der Waals surface area contributed by atoms with Crippen LogP contribution in [0.1, 0.15) is 18.9 Å². The lowest BCUT2D eigenvalue weighted by Crippen LogP contribution is -2.33. The van der Waals surface area contributed by atoms with Gasteiger partial charge in [0.2, 0.25) is 0 Å². The molecule has 0 aliphatic rings. The average Bonchev–Trinajstić information content (AvgIpc) is 2.38. The SMILES string of the molecule is CC(CNC(=O)Nc1ccc(C#N)cc1F)CC(=O)O. The number of carbonyl (C=O) groups is 2. The molecule has 0 saturated carbocycles. The maximum Gasteiger partial charge on any atom is 0.319 e. The molecule has 20 heavy (non-hydrogen) atoms. The molecule has 1 atom stereocenters. The van der Waals surface area contributed by atoms with E-state index in [9.17, 15) is 14.0 Å². The number of aliphatic carboxylic acids is 1. The van der Waals surface area contributed by atoms with Gasteiger partial charge >= 0.3 is 12.0 Å². The molecule has 1 rings (SSSR count). The summed E-state index contributed by atoms with van der Waals surface area (Å²) in [6.07, 6.45) is -0.0640. The molecule has 0 heterocycles. The third-order valence-corrected chi connectivity index (χ3v) is 2.48. The highest BCUT2D eigenvalue weighted by Gasteiger charge is 2.11. The van der Waals surface area contributed by atoms with Crippen molar-refractivity contribution in [3.63, 3.8) is 0 Å². The molecule has 3 N–H and O–H groups in total. The van der Waals surface area contributed by atoms with Crippen molar-refractivity contribution in [2.24, 2.45) is 5.92 Å². The number of nitrogens with one attached hydrogen (secondary N) is 2. The Kier molecular flexibility index (Phi) is 5.47. The van der Waals surface area contributed by atoms with Crippen LogP contribution in [0.25, 0.3) is 0 Å². The molecule has 7 heteroatoms. The maximum absolute atomic E-state index is 13.5. The molecule has 0 saturated heterocycles. The molecule has 1 aromatic rings. The van der Waals surface area contributed by atoms with E-state index in [1.807, 2.05) is 0 Å². The van der Waals surface area contributed by atoms with Crippen LogP contribution in [0.4, 0.5) is 14.9 Å². The maximum atomic E-state index is 13.5. The predicted molar refractivity (Wildman–Crippen MR) is 69.6 cm³/mol. The number of carboxylic acid groups (broad SMARTS) is 1. The standard InChI is InChI=1S/C13H14FN3O3/c1-8(4-12(18)19)7-16-13(20)17-11-3-2-9(6-15)5-10(11)14/h2-3,5,8H,4,7H2,1H3,(H,18,19)(H2,16,17,20). The molecule has 1 unspecified atom stereocenters. The molecule has 0 spiro atoms. The van der Waals surface area contributed by atoms with E-state index in [4.69, 9.17) is 10.4 Å². The molecule has 1 aromatic carbocycles. The van der Waals surface area contributed by atoms with Crippen LogP contribution in [-0.4, -0.2) is 23.7 Å². The second kappa shape index (κ2) is 7.09. The summed E-state index contributed by atoms with van der Waals surface area (Å²) in [5, 5.41) is 21.9. The number of benzene rings is 1. The first-order valence-electron chi connectivity index (χ1n) is 5.88. The minimum Gasteiger partial charge on any atom is -0.481 e. The van der Waals surface area contributed by atoms with Crippen LogP contribution in [0.2, 0.25) is 0 Å². The molecule has 6 nitrogen and oxygen atoms in total. The van der Waals surface area contributed by atoms with Crippen molar-refractivity contribution in [2.45, 2.75) is 13.3 Å². The Bertz CT molecular complexity index is 554. The number of nitriles is 1. The topological polar surface area (TPSA) is 102 Å². The third kappa shape index (κ3) is 4.94. The van der Waals surface area contributed by atoms with Gasteiger partial charge in [-0.1, -0.05) is 6.92 Å². The molecule has 0 aliphatic heterocycles. The smallest absolute Gasteiger partial charge is 0.319 e. The van der Waals surface area contributed by atoms with Crippen LogP contribution < -0.4 is 10.6 Å². The van der Waals surface area contributed by atoms with E-state index in [0.29, 0.717) is 0 Å². The molecule has 0 bridgehead atoms. The lowest BCUT2D eigenvalue weighted by atomic mass is 10.1. The first-order valence-corrected chi connectivity index (χ1v) is 5.88. The van der Waals surface area contributed by atoms with Crippen molar-refractivity contribution in [3.05, 3.63) is 29.6 Å². The van der Waals surface area contributed by atoms with Crippen LogP contribution in [0.5, 0.6) is 0 Å². The van der Waals surface area contributed by atoms with E-state index in [-0.39, 0.29) is 30.1 Å². The van der Waals surface area contributed by atoms with Crippen LogP contribution >= 0.6 is 0 Å². The first kappa shape index (κ1) is 15.4. The zero-order valence-electron chi connectivity index (χ0n) is 10.8. The summed E-state index contributed by atoms with van der Waals surface area (Å²) in [5.74, 6) is -1.89. The van der Waals surface area contributed by atoms with Gasteiger partial charge in [0.25, 0.3) is 0 Å². The lowest BCUT2D eigenvalue weighted by molar-refractivity contribution is -0.137. The van der Waals surface area contributed by atoms with Crippen LogP contribution in [0, 0.1) is 23.1 Å². The fourth-order valence-electron chi connectivity index (χ4n) is 1.49. The molecule has 0 aromatic heterocycles. The Labute approximate surface area is 115 Å². The van der Waals surface area contributed by atoms with Crippen molar-refractivity contribution in [1.82, 2.24) is 5.32 Å². The minimum atomic E-state index is -0.946. The molecular weight excluding hydrogens is 265 g/mol. The van der Waals surface area contributed by atoms with Gasteiger partial charge in [-0.3, -0.25) is 4.79 Å². The molecule has 0 fully saturated rings. The lowest BCUT2D eigenvalue weighted by Gasteiger charge is -2.11. The summed E-state index contributed by atoms with van der Waals surface area (Å²) in [7, 11) is 0. The van der Waals surface area contributed by atoms with Gasteiger partial charge < -0.3 is 15.7 Å². The fourth-order valence-corrected chi connectivity index (χ4v) is 1.49. The number of anilines is 1. The first-order chi connectivity index (χ1) is 9.42. The summed E-state index contributed by atoms with van der Waals surface area (Å²) in [4.78, 5) is 22.0. The third-order valence-electron chi connectivity index (χ3n) is 2.48. The highest BCUT2D eigenvalue weighted by atomic mass is 19.1. The number of hydrogen-bond donors (Lipinski definition) is 3. The van der Waals surface area contributed by atoms with Crippen LogP contribution in [0.3, 0.4) is 0 Å². The van der Waals surface area contributed by atoms with E-state index in [0.717, 1.165) is 6.07 Å². The van der Waals surface area contributed by atoms with E-state index < -0.39 is 17.8 Å². The van der Waals surface area contributed by atoms with Gasteiger partial charge in [0, 0.05) is 13.0 Å². The zero-order valence-corrected chi connectivity index (χ0v) is 10.8. The van der Waals surface area contributed by atoms with E-state index in [1.54, 1.807) is 13.0 Å². The van der Waals surface area contributed by atoms with Gasteiger partial charge in [0.05, 0.1) is 17.3 Å². The number of urea groups is 1. The van der Waals surface area contributed by atoms with Gasteiger partial charge in [-0.15, -0.1) is 0 Å². The molecular formula is C13H14FN3O3. The summed E-state index contributed by atoms with van der Waals surface area (Å²) in [6, 6.07) is 4.83. The van der Waals surface area contributed by atoms with E-state index in [2.05, 4.69) is 10.6 Å². The number of amides is 2. The molecule has 0 aliphatic carbocycles. The Morgan fingerprint density at radius 2 is 2.20 bits per heavy atom. The second-order valence-electron chi connectivity index (χ2n) is 4.34. The van der Waals surface area contributed by atoms with Crippen molar-refractivity contribution in [3.8, 4) is 6.07 Å². The summed E-state index contributed by atoms with van der Waals surface area (Å²) in [6.45, 7) is 1.84. The monoisotopic (exact) mass is 279 g/mol. The van der Waals surface area contributed by atoms with E-state index in [1.165, 1.54) is 12.1 Å². The van der Waals surface area contributed by atoms with Gasteiger partial charge in [0.15, 0.2) is 0 Å². The number of hydrogen-bond acceptors (Lipinski definition) is 3. The van der Waals surface area contributed by atoms with Gasteiger partial charge in [-0.2, -0.15) is 5.26 Å². The summed E-state index contributed by atoms with van der Waals surface area (Å²) in [5.41, 5.74) is 0.107. The largest absolute Gasteiger partial charge is 0.481 e. The normalized spacial score (nSPS) is 11.2. The van der Waals surface area contributed by atoms with E-state index >= 15 is 0 Å². The van der Waals surface area contributed by atoms with Crippen molar-refractivity contribution in [1.29, 1.82) is 5.26 Å². The quantitative estimate of drug-likeness (QED) is 0.766. The second-order valence-corrected chi connectivity index (χ2v) is 4.34. The number of carboxylic acids is 1. The number of rotatable bonds is 5. The highest BCUT2D eigenvalue weighted by Crippen LogP contribution is 2.15. The summed E-state index contributed by atoms with van der Waals surface area (Å²) >= 11 is 0. The Hall–Kier alpha value is -2.62. The van der Waals surface area contributed by atoms with Gasteiger partial charge in [-0.25, -0.2) is 9.18 Å². The van der Waals surface area contributed by atoms with Gasteiger partial charge in [-0.05, 0) is 24.1 Å². The predicted octanol–water partition coefficient (Wildman–Crippen LogP) is 1.93. The molecule has 0 radical (unpaired) electrons. The van der Waals surface area contributed by atoms with Crippen molar-refractivity contribution < 1.29 is 19.1 Å². The van der Waals surface area contributed by atoms with Crippen molar-refractivity contribution in [2.75, 3.05) is 11.9 Å². The Morgan fingerprint density at radius 1 is 1.50 bits per heavy atom. The Balaban J connectivity index is 2.51. The molecule has 2 amide bonds. The fraction of sp³-hybridized carbons (Fsp3) is 0.308. The Morgan fingerprint density at radius 3 is 2.75 bits per heavy atom. The van der Waals surface area contributed by atoms with Crippen LogP contribution in [-0.2, 0) is 4.79 Å². The minimum absolute atomic E-state index is 0.0487. The van der Waals surface area contributed by atoms with Crippen LogP contribution in [0.15, 0.2) is 18.2 Å². The zero-order chi connectivity index (χ0) is 15.1. The average molecular weight is 279 g/mol. The molecule has 106 valence electrons. The highest BCUT2D eigenvalue weighted by molar-refractivity contribution is 5.89. The van der Waals surface area contributed by atoms with Crippen molar-refractivity contribution >= 4 is 17.7 Å². The number of halogens is 1.